The number of rotatable bonds is 7. The molecule has 0 aliphatic heterocycles. The largest absolute Gasteiger partial charge is 0.312 e. The Morgan fingerprint density at radius 3 is 2.61 bits per heavy atom. The van der Waals surface area contributed by atoms with E-state index in [1.165, 1.54) is 32.2 Å². The molecule has 11 nitrogen and oxygen atoms in total. The molecular formula is C20H18ClFN8O3. The maximum absolute atomic E-state index is 14.0. The first-order valence-electron chi connectivity index (χ1n) is 9.72. The number of anilines is 1. The Morgan fingerprint density at radius 2 is 1.91 bits per heavy atom. The second-order valence-corrected chi connectivity index (χ2v) is 7.62. The fourth-order valence-corrected chi connectivity index (χ4v) is 3.55. The van der Waals surface area contributed by atoms with Gasteiger partial charge < -0.3 is 5.32 Å². The summed E-state index contributed by atoms with van der Waals surface area (Å²) < 4.78 is 18.3. The number of nitrogens with zero attached hydrogens (tertiary/aromatic N) is 7. The van der Waals surface area contributed by atoms with Gasteiger partial charge in [0.25, 0.3) is 5.91 Å². The van der Waals surface area contributed by atoms with E-state index in [2.05, 4.69) is 20.6 Å². The molecule has 1 amide bonds. The van der Waals surface area contributed by atoms with E-state index in [1.807, 2.05) is 0 Å². The SMILES string of the molecule is Cc1nn(Cn2ccc(C(=O)Nc3ccn(Cc4c(F)cccc4Cl)n3)n2)c(C)c1[N+](=O)[O-]. The molecule has 0 saturated carbocycles. The molecule has 0 spiro atoms. The molecule has 3 aromatic heterocycles. The van der Waals surface area contributed by atoms with Crippen LogP contribution in [0.15, 0.2) is 42.7 Å². The lowest BCUT2D eigenvalue weighted by atomic mass is 10.2. The molecule has 0 saturated heterocycles. The number of nitrogens with one attached hydrogen (secondary N) is 1. The summed E-state index contributed by atoms with van der Waals surface area (Å²) in [6.07, 6.45) is 3.16. The van der Waals surface area contributed by atoms with Gasteiger partial charge in [-0.15, -0.1) is 0 Å². The van der Waals surface area contributed by atoms with Crippen LogP contribution in [-0.4, -0.2) is 40.2 Å². The van der Waals surface area contributed by atoms with Gasteiger partial charge in [-0.05, 0) is 32.0 Å². The number of amides is 1. The quantitative estimate of drug-likeness (QED) is 0.324. The van der Waals surface area contributed by atoms with Crippen molar-refractivity contribution >= 4 is 29.0 Å². The molecule has 33 heavy (non-hydrogen) atoms. The van der Waals surface area contributed by atoms with Crippen molar-refractivity contribution in [1.82, 2.24) is 29.3 Å². The zero-order valence-electron chi connectivity index (χ0n) is 17.6. The van der Waals surface area contributed by atoms with Crippen LogP contribution < -0.4 is 5.32 Å². The zero-order chi connectivity index (χ0) is 23.7. The number of nitro groups is 1. The molecule has 0 aliphatic carbocycles. The number of halogens is 2. The van der Waals surface area contributed by atoms with E-state index >= 15 is 0 Å². The molecule has 13 heteroatoms. The van der Waals surface area contributed by atoms with Crippen molar-refractivity contribution in [1.29, 1.82) is 0 Å². The molecule has 0 radical (unpaired) electrons. The Hall–Kier alpha value is -4.06. The summed E-state index contributed by atoms with van der Waals surface area (Å²) in [4.78, 5) is 23.2. The summed E-state index contributed by atoms with van der Waals surface area (Å²) in [6, 6.07) is 7.50. The lowest BCUT2D eigenvalue weighted by Crippen LogP contribution is -2.16. The van der Waals surface area contributed by atoms with Crippen LogP contribution in [0, 0.1) is 29.8 Å². The van der Waals surface area contributed by atoms with E-state index in [0.29, 0.717) is 17.0 Å². The van der Waals surface area contributed by atoms with E-state index < -0.39 is 16.6 Å². The first-order valence-corrected chi connectivity index (χ1v) is 10.1. The van der Waals surface area contributed by atoms with Gasteiger partial charge in [0.2, 0.25) is 0 Å². The number of hydrogen-bond donors (Lipinski definition) is 1. The molecule has 1 aromatic carbocycles. The van der Waals surface area contributed by atoms with E-state index in [1.54, 1.807) is 38.4 Å². The number of benzene rings is 1. The minimum Gasteiger partial charge on any atom is -0.304 e. The average molecular weight is 473 g/mol. The van der Waals surface area contributed by atoms with Gasteiger partial charge in [-0.25, -0.2) is 9.07 Å². The minimum atomic E-state index is -0.498. The van der Waals surface area contributed by atoms with Gasteiger partial charge in [0.05, 0.1) is 11.5 Å². The van der Waals surface area contributed by atoms with Crippen molar-refractivity contribution in [3.63, 3.8) is 0 Å². The highest BCUT2D eigenvalue weighted by Crippen LogP contribution is 2.22. The van der Waals surface area contributed by atoms with Gasteiger partial charge in [-0.3, -0.25) is 24.3 Å². The first kappa shape index (κ1) is 22.1. The predicted octanol–water partition coefficient (Wildman–Crippen LogP) is 3.40. The standard InChI is InChI=1S/C20H18ClFN8O3/c1-12-19(30(32)33)13(2)29(24-12)11-28-8-6-17(25-28)20(31)23-18-7-9-27(26-18)10-14-15(21)4-3-5-16(14)22/h3-9H,10-11H2,1-2H3,(H,23,26,31). The van der Waals surface area contributed by atoms with Crippen LogP contribution in [0.4, 0.5) is 15.9 Å². The maximum Gasteiger partial charge on any atom is 0.312 e. The zero-order valence-corrected chi connectivity index (χ0v) is 18.3. The van der Waals surface area contributed by atoms with E-state index in [0.717, 1.165) is 0 Å². The molecule has 3 heterocycles. The highest BCUT2D eigenvalue weighted by molar-refractivity contribution is 6.31. The fraction of sp³-hybridized carbons (Fsp3) is 0.200. The summed E-state index contributed by atoms with van der Waals surface area (Å²) in [5.74, 6) is -0.680. The summed E-state index contributed by atoms with van der Waals surface area (Å²) in [5, 5.41) is 26.6. The molecule has 0 unspecified atom stereocenters. The van der Waals surface area contributed by atoms with Gasteiger partial charge in [0.1, 0.15) is 23.9 Å². The Balaban J connectivity index is 1.43. The molecule has 0 atom stereocenters. The minimum absolute atomic E-state index is 0.0487. The predicted molar refractivity (Wildman–Crippen MR) is 117 cm³/mol. The summed E-state index contributed by atoms with van der Waals surface area (Å²) in [7, 11) is 0. The van der Waals surface area contributed by atoms with E-state index in [4.69, 9.17) is 11.6 Å². The summed E-state index contributed by atoms with van der Waals surface area (Å²) >= 11 is 6.05. The molecule has 0 aliphatic rings. The highest BCUT2D eigenvalue weighted by Gasteiger charge is 2.22. The average Bonchev–Trinajstić information content (AvgIpc) is 3.45. The second-order valence-electron chi connectivity index (χ2n) is 7.21. The highest BCUT2D eigenvalue weighted by atomic mass is 35.5. The Kier molecular flexibility index (Phi) is 5.92. The molecular weight excluding hydrogens is 455 g/mol. The molecule has 170 valence electrons. The van der Waals surface area contributed by atoms with Gasteiger partial charge in [0, 0.05) is 29.0 Å². The van der Waals surface area contributed by atoms with Crippen LogP contribution in [0.2, 0.25) is 5.02 Å². The first-order chi connectivity index (χ1) is 15.7. The summed E-state index contributed by atoms with van der Waals surface area (Å²) in [6.45, 7) is 3.36. The number of aromatic nitrogens is 6. The maximum atomic E-state index is 14.0. The van der Waals surface area contributed by atoms with Crippen molar-refractivity contribution in [3.05, 3.63) is 86.3 Å². The molecule has 1 N–H and O–H groups in total. The van der Waals surface area contributed by atoms with Crippen LogP contribution >= 0.6 is 11.6 Å². The summed E-state index contributed by atoms with van der Waals surface area (Å²) in [5.41, 5.74) is 1.06. The third-order valence-electron chi connectivity index (χ3n) is 4.94. The molecule has 0 fully saturated rings. The van der Waals surface area contributed by atoms with Crippen LogP contribution in [0.3, 0.4) is 0 Å². The second kappa shape index (κ2) is 8.82. The lowest BCUT2D eigenvalue weighted by molar-refractivity contribution is -0.386. The van der Waals surface area contributed by atoms with Crippen molar-refractivity contribution < 1.29 is 14.1 Å². The van der Waals surface area contributed by atoms with Gasteiger partial charge in [-0.2, -0.15) is 15.3 Å². The van der Waals surface area contributed by atoms with Crippen LogP contribution in [0.1, 0.15) is 27.4 Å². The topological polar surface area (TPSA) is 126 Å². The van der Waals surface area contributed by atoms with Gasteiger partial charge in [0.15, 0.2) is 11.5 Å². The third-order valence-corrected chi connectivity index (χ3v) is 5.30. The normalized spacial score (nSPS) is 11.0. The van der Waals surface area contributed by atoms with Crippen LogP contribution in [0.25, 0.3) is 0 Å². The third kappa shape index (κ3) is 4.60. The smallest absolute Gasteiger partial charge is 0.304 e. The van der Waals surface area contributed by atoms with Crippen molar-refractivity contribution in [2.75, 3.05) is 5.32 Å². The van der Waals surface area contributed by atoms with Crippen LogP contribution in [0.5, 0.6) is 0 Å². The Labute approximate surface area is 191 Å². The molecule has 4 aromatic rings. The number of carbonyl (C=O) groups excluding carboxylic acids is 1. The van der Waals surface area contributed by atoms with Crippen LogP contribution in [-0.2, 0) is 13.2 Å². The van der Waals surface area contributed by atoms with Gasteiger partial charge >= 0.3 is 5.69 Å². The van der Waals surface area contributed by atoms with E-state index in [-0.39, 0.29) is 35.4 Å². The molecule has 4 rings (SSSR count). The Bertz CT molecular complexity index is 1340. The number of carbonyl (C=O) groups is 1. The van der Waals surface area contributed by atoms with Crippen molar-refractivity contribution in [2.24, 2.45) is 0 Å². The number of aryl methyl sites for hydroxylation is 1. The fourth-order valence-electron chi connectivity index (χ4n) is 3.33. The number of hydrogen-bond acceptors (Lipinski definition) is 6. The monoisotopic (exact) mass is 472 g/mol. The Morgan fingerprint density at radius 1 is 1.15 bits per heavy atom. The molecule has 0 bridgehead atoms. The van der Waals surface area contributed by atoms with Crippen molar-refractivity contribution in [3.8, 4) is 0 Å². The van der Waals surface area contributed by atoms with Crippen molar-refractivity contribution in [2.45, 2.75) is 27.1 Å². The van der Waals surface area contributed by atoms with E-state index in [9.17, 15) is 19.3 Å². The van der Waals surface area contributed by atoms with Gasteiger partial charge in [-0.1, -0.05) is 17.7 Å². The lowest BCUT2D eigenvalue weighted by Gasteiger charge is -2.06.